The first-order chi connectivity index (χ1) is 7.79. The van der Waals surface area contributed by atoms with E-state index in [-0.39, 0.29) is 5.60 Å². The summed E-state index contributed by atoms with van der Waals surface area (Å²) in [6.07, 6.45) is 3.93. The predicted molar refractivity (Wildman–Crippen MR) is 69.4 cm³/mol. The number of hydrogen-bond acceptors (Lipinski definition) is 2. The van der Waals surface area contributed by atoms with Crippen molar-refractivity contribution in [1.82, 2.24) is 0 Å². The molecule has 0 heterocycles. The van der Waals surface area contributed by atoms with E-state index in [1.54, 1.807) is 0 Å². The molecule has 1 aromatic rings. The number of hydrogen-bond donors (Lipinski definition) is 0. The first-order valence-electron chi connectivity index (χ1n) is 5.96. The van der Waals surface area contributed by atoms with Gasteiger partial charge in [-0.3, -0.25) is 4.57 Å². The zero-order valence-electron chi connectivity index (χ0n) is 10.1. The van der Waals surface area contributed by atoms with Crippen molar-refractivity contribution in [3.05, 3.63) is 35.9 Å². The molecule has 0 aromatic heterocycles. The molecule has 90 valence electrons. The minimum Gasteiger partial charge on any atom is -0.321 e. The summed E-state index contributed by atoms with van der Waals surface area (Å²) >= 11 is 0. The second kappa shape index (κ2) is 6.88. The van der Waals surface area contributed by atoms with Crippen LogP contribution in [0.15, 0.2) is 30.3 Å². The molecule has 1 aromatic carbocycles. The summed E-state index contributed by atoms with van der Waals surface area (Å²) in [7, 11) is -1.16. The molecule has 0 saturated heterocycles. The second-order valence-electron chi connectivity index (χ2n) is 4.07. The Balaban J connectivity index is 3.04. The van der Waals surface area contributed by atoms with Crippen LogP contribution in [0.3, 0.4) is 0 Å². The molecule has 0 spiro atoms. The lowest BCUT2D eigenvalue weighted by atomic mass is 9.85. The first kappa shape index (κ1) is 13.5. The molecule has 0 aliphatic carbocycles. The second-order valence-corrected chi connectivity index (χ2v) is 4.50. The average molecular weight is 240 g/mol. The normalized spacial score (nSPS) is 12.4. The van der Waals surface area contributed by atoms with Gasteiger partial charge in [0, 0.05) is 0 Å². The van der Waals surface area contributed by atoms with Crippen molar-refractivity contribution in [2.45, 2.75) is 45.1 Å². The highest BCUT2D eigenvalue weighted by Crippen LogP contribution is 2.38. The molecule has 1 unspecified atom stereocenters. The standard InChI is InChI=1S/C13H21O2P/c1-3-10-13(11-4-2,15-16-14)12-8-6-5-7-9-12/h5-9H,3-4,10-11,16H2,1-2H3. The van der Waals surface area contributed by atoms with Gasteiger partial charge < -0.3 is 4.52 Å². The molecule has 0 aliphatic rings. The van der Waals surface area contributed by atoms with Crippen LogP contribution in [-0.2, 0) is 14.7 Å². The lowest BCUT2D eigenvalue weighted by Crippen LogP contribution is -2.26. The van der Waals surface area contributed by atoms with Crippen LogP contribution in [0.4, 0.5) is 0 Å². The van der Waals surface area contributed by atoms with Crippen molar-refractivity contribution in [1.29, 1.82) is 0 Å². The largest absolute Gasteiger partial charge is 0.321 e. The Morgan fingerprint density at radius 2 is 1.69 bits per heavy atom. The van der Waals surface area contributed by atoms with E-state index >= 15 is 0 Å². The van der Waals surface area contributed by atoms with E-state index in [1.807, 2.05) is 18.2 Å². The summed E-state index contributed by atoms with van der Waals surface area (Å²) in [6.45, 7) is 4.27. The third-order valence-corrected chi connectivity index (χ3v) is 3.43. The van der Waals surface area contributed by atoms with Crippen molar-refractivity contribution in [2.24, 2.45) is 0 Å². The lowest BCUT2D eigenvalue weighted by Gasteiger charge is -2.32. The van der Waals surface area contributed by atoms with E-state index in [4.69, 9.17) is 4.52 Å². The highest BCUT2D eigenvalue weighted by molar-refractivity contribution is 7.17. The maximum atomic E-state index is 10.9. The van der Waals surface area contributed by atoms with Crippen LogP contribution in [0.5, 0.6) is 0 Å². The molecule has 1 atom stereocenters. The van der Waals surface area contributed by atoms with Crippen molar-refractivity contribution in [3.8, 4) is 0 Å². The third-order valence-electron chi connectivity index (χ3n) is 2.88. The van der Waals surface area contributed by atoms with Gasteiger partial charge in [0.05, 0.1) is 0 Å². The fourth-order valence-corrected chi connectivity index (χ4v) is 2.80. The summed E-state index contributed by atoms with van der Waals surface area (Å²) in [5.74, 6) is 0. The number of benzene rings is 1. The van der Waals surface area contributed by atoms with Crippen LogP contribution in [0.1, 0.15) is 45.1 Å². The average Bonchev–Trinajstić information content (AvgIpc) is 2.31. The quantitative estimate of drug-likeness (QED) is 0.668. The summed E-state index contributed by atoms with van der Waals surface area (Å²) in [6, 6.07) is 10.2. The summed E-state index contributed by atoms with van der Waals surface area (Å²) < 4.78 is 16.6. The highest BCUT2D eigenvalue weighted by Gasteiger charge is 2.30. The Hall–Kier alpha value is -0.590. The molecule has 3 heteroatoms. The van der Waals surface area contributed by atoms with E-state index in [9.17, 15) is 4.57 Å². The van der Waals surface area contributed by atoms with Gasteiger partial charge in [-0.15, -0.1) is 0 Å². The van der Waals surface area contributed by atoms with Crippen LogP contribution in [0, 0.1) is 0 Å². The summed E-state index contributed by atoms with van der Waals surface area (Å²) in [4.78, 5) is 0. The van der Waals surface area contributed by atoms with E-state index in [2.05, 4.69) is 26.0 Å². The molecule has 0 saturated carbocycles. The van der Waals surface area contributed by atoms with Gasteiger partial charge in [-0.1, -0.05) is 57.0 Å². The highest BCUT2D eigenvalue weighted by atomic mass is 31.1. The Bertz CT molecular complexity index is 305. The number of rotatable bonds is 7. The zero-order valence-corrected chi connectivity index (χ0v) is 11.3. The van der Waals surface area contributed by atoms with Gasteiger partial charge in [0.15, 0.2) is 8.69 Å². The minimum absolute atomic E-state index is 0.332. The Labute approximate surface area is 99.3 Å². The van der Waals surface area contributed by atoms with Crippen molar-refractivity contribution in [2.75, 3.05) is 0 Å². The van der Waals surface area contributed by atoms with Crippen molar-refractivity contribution >= 4 is 8.69 Å². The van der Waals surface area contributed by atoms with E-state index in [1.165, 1.54) is 0 Å². The summed E-state index contributed by atoms with van der Waals surface area (Å²) in [5, 5.41) is 0. The van der Waals surface area contributed by atoms with Gasteiger partial charge in [0.25, 0.3) is 0 Å². The van der Waals surface area contributed by atoms with Crippen LogP contribution in [0.25, 0.3) is 0 Å². The predicted octanol–water partition coefficient (Wildman–Crippen LogP) is 4.17. The Morgan fingerprint density at radius 1 is 1.12 bits per heavy atom. The van der Waals surface area contributed by atoms with Crippen molar-refractivity contribution < 1.29 is 9.09 Å². The monoisotopic (exact) mass is 240 g/mol. The van der Waals surface area contributed by atoms with Crippen LogP contribution in [0.2, 0.25) is 0 Å². The van der Waals surface area contributed by atoms with Crippen LogP contribution >= 0.6 is 8.69 Å². The maximum absolute atomic E-state index is 10.9. The van der Waals surface area contributed by atoms with E-state index < -0.39 is 8.69 Å². The molecule has 0 radical (unpaired) electrons. The minimum atomic E-state index is -1.16. The summed E-state index contributed by atoms with van der Waals surface area (Å²) in [5.41, 5.74) is 0.823. The molecule has 1 rings (SSSR count). The molecular weight excluding hydrogens is 219 g/mol. The van der Waals surface area contributed by atoms with Gasteiger partial charge in [0.2, 0.25) is 0 Å². The maximum Gasteiger partial charge on any atom is 0.180 e. The molecule has 0 N–H and O–H groups in total. The third kappa shape index (κ3) is 3.20. The van der Waals surface area contributed by atoms with Gasteiger partial charge in [0.1, 0.15) is 5.60 Å². The van der Waals surface area contributed by atoms with Gasteiger partial charge >= 0.3 is 0 Å². The van der Waals surface area contributed by atoms with E-state index in [0.29, 0.717) is 0 Å². The first-order valence-corrected chi connectivity index (χ1v) is 6.90. The molecular formula is C13H21O2P. The molecule has 0 fully saturated rings. The smallest absolute Gasteiger partial charge is 0.180 e. The van der Waals surface area contributed by atoms with Gasteiger partial charge in [-0.25, -0.2) is 0 Å². The zero-order chi connectivity index (χ0) is 11.9. The molecule has 16 heavy (non-hydrogen) atoms. The fourth-order valence-electron chi connectivity index (χ4n) is 2.24. The molecule has 0 bridgehead atoms. The SMILES string of the molecule is CCCC(CCC)(O[PH2]=O)c1ccccc1. The van der Waals surface area contributed by atoms with Gasteiger partial charge in [-0.05, 0) is 18.4 Å². The molecule has 0 aliphatic heterocycles. The lowest BCUT2D eigenvalue weighted by molar-refractivity contribution is 0.0602. The Kier molecular flexibility index (Phi) is 5.79. The Morgan fingerprint density at radius 3 is 2.12 bits per heavy atom. The van der Waals surface area contributed by atoms with Crippen LogP contribution < -0.4 is 0 Å². The van der Waals surface area contributed by atoms with E-state index in [0.717, 1.165) is 31.2 Å². The molecule has 0 amide bonds. The van der Waals surface area contributed by atoms with Gasteiger partial charge in [-0.2, -0.15) is 0 Å². The van der Waals surface area contributed by atoms with Crippen LogP contribution in [-0.4, -0.2) is 0 Å². The topological polar surface area (TPSA) is 26.3 Å². The molecule has 2 nitrogen and oxygen atoms in total. The fraction of sp³-hybridized carbons (Fsp3) is 0.538. The van der Waals surface area contributed by atoms with Crippen molar-refractivity contribution in [3.63, 3.8) is 0 Å².